The first-order chi connectivity index (χ1) is 19.2. The van der Waals surface area contributed by atoms with Gasteiger partial charge in [0, 0.05) is 0 Å². The van der Waals surface area contributed by atoms with E-state index >= 15 is 0 Å². The predicted octanol–water partition coefficient (Wildman–Crippen LogP) is 7.99. The number of aliphatic carboxylic acids is 1. The van der Waals surface area contributed by atoms with Crippen molar-refractivity contribution in [1.82, 2.24) is 0 Å². The molecular formula is C35H28O4. The Morgan fingerprint density at radius 1 is 0.538 bits per heavy atom. The smallest absolute Gasteiger partial charge is 0.341 e. The Labute approximate surface area is 228 Å². The molecular weight excluding hydrogens is 484 g/mol. The molecule has 1 N–H and O–H groups in total. The second-order valence-corrected chi connectivity index (χ2v) is 8.97. The molecule has 0 bridgehead atoms. The van der Waals surface area contributed by atoms with Crippen molar-refractivity contribution >= 4 is 11.5 Å². The standard InChI is InChI=1S/C35H28O4/c36-35(37)25-39-33-21-19-32(20-22-33)38-24-23-34(30-15-11-28(12-16-30)26-7-3-1-4-8-26)31-17-13-29(14-18-31)27-9-5-2-6-10-27/h1-23H,24-25H2,(H,36,37). The number of ether oxygens (including phenoxy) is 2. The average Bonchev–Trinajstić information content (AvgIpc) is 3.00. The molecule has 4 nitrogen and oxygen atoms in total. The summed E-state index contributed by atoms with van der Waals surface area (Å²) in [5, 5.41) is 8.78. The molecule has 0 aliphatic rings. The zero-order chi connectivity index (χ0) is 26.9. The molecule has 0 atom stereocenters. The third-order valence-corrected chi connectivity index (χ3v) is 6.33. The minimum Gasteiger partial charge on any atom is -0.490 e. The van der Waals surface area contributed by atoms with Gasteiger partial charge in [0.2, 0.25) is 0 Å². The van der Waals surface area contributed by atoms with Gasteiger partial charge in [-0.25, -0.2) is 4.79 Å². The van der Waals surface area contributed by atoms with Gasteiger partial charge in [-0.3, -0.25) is 0 Å². The van der Waals surface area contributed by atoms with Gasteiger partial charge in [0.1, 0.15) is 18.1 Å². The molecule has 5 aromatic rings. The Morgan fingerprint density at radius 3 is 1.38 bits per heavy atom. The van der Waals surface area contributed by atoms with Gasteiger partial charge in [-0.2, -0.15) is 0 Å². The van der Waals surface area contributed by atoms with Crippen LogP contribution in [0.5, 0.6) is 11.5 Å². The summed E-state index contributed by atoms with van der Waals surface area (Å²) in [6.07, 6.45) is 2.09. The SMILES string of the molecule is O=C(O)COc1ccc(OCC=C(c2ccc(-c3ccccc3)cc2)c2ccc(-c3ccccc3)cc2)cc1. The molecule has 0 radical (unpaired) electrons. The lowest BCUT2D eigenvalue weighted by atomic mass is 9.94. The third-order valence-electron chi connectivity index (χ3n) is 6.33. The summed E-state index contributed by atoms with van der Waals surface area (Å²) >= 11 is 0. The molecule has 0 amide bonds. The van der Waals surface area contributed by atoms with Crippen LogP contribution in [0.25, 0.3) is 27.8 Å². The maximum absolute atomic E-state index is 10.7. The average molecular weight is 513 g/mol. The molecule has 0 unspecified atom stereocenters. The number of carboxylic acid groups (broad SMARTS) is 1. The van der Waals surface area contributed by atoms with Crippen LogP contribution in [0.3, 0.4) is 0 Å². The highest BCUT2D eigenvalue weighted by molar-refractivity contribution is 5.82. The summed E-state index contributed by atoms with van der Waals surface area (Å²) in [4.78, 5) is 10.7. The van der Waals surface area contributed by atoms with Crippen LogP contribution in [-0.2, 0) is 4.79 Å². The molecule has 5 aromatic carbocycles. The van der Waals surface area contributed by atoms with Crippen LogP contribution in [0.15, 0.2) is 140 Å². The molecule has 0 saturated heterocycles. The fourth-order valence-corrected chi connectivity index (χ4v) is 4.35. The lowest BCUT2D eigenvalue weighted by Gasteiger charge is -2.12. The lowest BCUT2D eigenvalue weighted by Crippen LogP contribution is -2.09. The highest BCUT2D eigenvalue weighted by atomic mass is 16.5. The minimum atomic E-state index is -1.01. The second-order valence-electron chi connectivity index (χ2n) is 8.97. The highest BCUT2D eigenvalue weighted by Gasteiger charge is 2.08. The van der Waals surface area contributed by atoms with Gasteiger partial charge in [0.25, 0.3) is 0 Å². The van der Waals surface area contributed by atoms with Crippen LogP contribution in [0.4, 0.5) is 0 Å². The molecule has 5 rings (SSSR count). The minimum absolute atomic E-state index is 0.367. The summed E-state index contributed by atoms with van der Waals surface area (Å²) < 4.78 is 11.2. The van der Waals surface area contributed by atoms with Crippen molar-refractivity contribution in [2.75, 3.05) is 13.2 Å². The number of hydrogen-bond donors (Lipinski definition) is 1. The third kappa shape index (κ3) is 6.82. The van der Waals surface area contributed by atoms with Crippen LogP contribution in [0.2, 0.25) is 0 Å². The van der Waals surface area contributed by atoms with Gasteiger partial charge >= 0.3 is 5.97 Å². The predicted molar refractivity (Wildman–Crippen MR) is 156 cm³/mol. The zero-order valence-electron chi connectivity index (χ0n) is 21.4. The number of hydrogen-bond acceptors (Lipinski definition) is 3. The van der Waals surface area contributed by atoms with Crippen LogP contribution in [0.1, 0.15) is 11.1 Å². The summed E-state index contributed by atoms with van der Waals surface area (Å²) in [5.41, 5.74) is 7.97. The fourth-order valence-electron chi connectivity index (χ4n) is 4.35. The van der Waals surface area contributed by atoms with Crippen molar-refractivity contribution in [1.29, 1.82) is 0 Å². The normalized spacial score (nSPS) is 10.5. The first-order valence-corrected chi connectivity index (χ1v) is 12.7. The van der Waals surface area contributed by atoms with E-state index in [2.05, 4.69) is 78.9 Å². The maximum Gasteiger partial charge on any atom is 0.341 e. The monoisotopic (exact) mass is 512 g/mol. The largest absolute Gasteiger partial charge is 0.490 e. The van der Waals surface area contributed by atoms with Gasteiger partial charge < -0.3 is 14.6 Å². The molecule has 192 valence electrons. The van der Waals surface area contributed by atoms with E-state index in [-0.39, 0.29) is 6.61 Å². The van der Waals surface area contributed by atoms with Crippen molar-refractivity contribution in [2.24, 2.45) is 0 Å². The number of carbonyl (C=O) groups is 1. The van der Waals surface area contributed by atoms with E-state index in [1.807, 2.05) is 36.4 Å². The van der Waals surface area contributed by atoms with E-state index in [1.165, 1.54) is 22.3 Å². The van der Waals surface area contributed by atoms with Crippen LogP contribution in [-0.4, -0.2) is 24.3 Å². The molecule has 0 aromatic heterocycles. The Hall–Kier alpha value is -5.09. The van der Waals surface area contributed by atoms with Crippen molar-refractivity contribution in [3.63, 3.8) is 0 Å². The second kappa shape index (κ2) is 12.4. The molecule has 0 aliphatic carbocycles. The van der Waals surface area contributed by atoms with Crippen molar-refractivity contribution in [2.45, 2.75) is 0 Å². The van der Waals surface area contributed by atoms with Gasteiger partial charge in [-0.15, -0.1) is 0 Å². The van der Waals surface area contributed by atoms with Crippen LogP contribution in [0, 0.1) is 0 Å². The van der Waals surface area contributed by atoms with Gasteiger partial charge in [0.05, 0.1) is 0 Å². The highest BCUT2D eigenvalue weighted by Crippen LogP contribution is 2.29. The number of carboxylic acids is 1. The lowest BCUT2D eigenvalue weighted by molar-refractivity contribution is -0.139. The molecule has 0 heterocycles. The maximum atomic E-state index is 10.7. The molecule has 0 aliphatic heterocycles. The molecule has 0 fully saturated rings. The Kier molecular flexibility index (Phi) is 8.15. The first-order valence-electron chi connectivity index (χ1n) is 12.7. The van der Waals surface area contributed by atoms with E-state index < -0.39 is 5.97 Å². The molecule has 4 heteroatoms. The zero-order valence-corrected chi connectivity index (χ0v) is 21.4. The summed E-state index contributed by atoms with van der Waals surface area (Å²) in [6.45, 7) is -0.00996. The molecule has 0 saturated carbocycles. The van der Waals surface area contributed by atoms with E-state index in [1.54, 1.807) is 24.3 Å². The Balaban J connectivity index is 1.38. The Morgan fingerprint density at radius 2 is 0.949 bits per heavy atom. The Bertz CT molecular complexity index is 1440. The van der Waals surface area contributed by atoms with Crippen molar-refractivity contribution in [3.8, 4) is 33.8 Å². The van der Waals surface area contributed by atoms with Gasteiger partial charge in [-0.05, 0) is 69.3 Å². The summed E-state index contributed by atoms with van der Waals surface area (Å²) in [7, 11) is 0. The van der Waals surface area contributed by atoms with Gasteiger partial charge in [0.15, 0.2) is 6.61 Å². The summed E-state index contributed by atoms with van der Waals surface area (Å²) in [5.74, 6) is 0.145. The fraction of sp³-hybridized carbons (Fsp3) is 0.0571. The van der Waals surface area contributed by atoms with E-state index in [0.717, 1.165) is 16.7 Å². The molecule has 39 heavy (non-hydrogen) atoms. The van der Waals surface area contributed by atoms with E-state index in [9.17, 15) is 4.79 Å². The summed E-state index contributed by atoms with van der Waals surface area (Å²) in [6, 6.07) is 44.8. The van der Waals surface area contributed by atoms with Crippen molar-refractivity contribution in [3.05, 3.63) is 151 Å². The quantitative estimate of drug-likeness (QED) is 0.206. The van der Waals surface area contributed by atoms with Crippen LogP contribution < -0.4 is 9.47 Å². The topological polar surface area (TPSA) is 55.8 Å². The van der Waals surface area contributed by atoms with Crippen molar-refractivity contribution < 1.29 is 19.4 Å². The molecule has 0 spiro atoms. The first kappa shape index (κ1) is 25.6. The van der Waals surface area contributed by atoms with Crippen LogP contribution >= 0.6 is 0 Å². The number of benzene rings is 5. The van der Waals surface area contributed by atoms with E-state index in [4.69, 9.17) is 14.6 Å². The van der Waals surface area contributed by atoms with E-state index in [0.29, 0.717) is 18.1 Å². The number of rotatable bonds is 10. The van der Waals surface area contributed by atoms with Gasteiger partial charge in [-0.1, -0.05) is 109 Å².